The molecule has 0 unspecified atom stereocenters. The predicted octanol–water partition coefficient (Wildman–Crippen LogP) is 4.73. The Hall–Kier alpha value is -0.520. The largest absolute Gasteiger partial charge is 0.0999 e. The maximum atomic E-state index is 4.31. The lowest BCUT2D eigenvalue weighted by atomic mass is 9.56. The van der Waals surface area contributed by atoms with Crippen LogP contribution in [0.1, 0.15) is 52.4 Å². The third-order valence-corrected chi connectivity index (χ3v) is 4.86. The van der Waals surface area contributed by atoms with E-state index >= 15 is 0 Å². The first-order chi connectivity index (χ1) is 7.03. The molecule has 0 saturated heterocycles. The lowest BCUT2D eigenvalue weighted by molar-refractivity contribution is 0.0832. The first kappa shape index (κ1) is 11.0. The first-order valence-corrected chi connectivity index (χ1v) is 6.36. The van der Waals surface area contributed by atoms with Crippen molar-refractivity contribution in [3.63, 3.8) is 0 Å². The Bertz CT molecular complexity index is 286. The Kier molecular flexibility index (Phi) is 2.79. The van der Waals surface area contributed by atoms with Crippen molar-refractivity contribution in [1.82, 2.24) is 0 Å². The summed E-state index contributed by atoms with van der Waals surface area (Å²) < 4.78 is 0. The van der Waals surface area contributed by atoms with Gasteiger partial charge in [-0.05, 0) is 62.7 Å². The first-order valence-electron chi connectivity index (χ1n) is 6.36. The molecule has 0 aromatic carbocycles. The second kappa shape index (κ2) is 3.81. The monoisotopic (exact) mass is 204 g/mol. The van der Waals surface area contributed by atoms with E-state index in [4.69, 9.17) is 0 Å². The molecular weight excluding hydrogens is 180 g/mol. The van der Waals surface area contributed by atoms with Gasteiger partial charge >= 0.3 is 0 Å². The van der Waals surface area contributed by atoms with Gasteiger partial charge < -0.3 is 0 Å². The Morgan fingerprint density at radius 2 is 2.13 bits per heavy atom. The summed E-state index contributed by atoms with van der Waals surface area (Å²) in [5.41, 5.74) is 3.48. The maximum absolute atomic E-state index is 4.31. The van der Waals surface area contributed by atoms with E-state index in [9.17, 15) is 0 Å². The second-order valence-electron chi connectivity index (χ2n) is 6.04. The van der Waals surface area contributed by atoms with Gasteiger partial charge in [-0.3, -0.25) is 0 Å². The normalized spacial score (nSPS) is 41.1. The molecule has 2 saturated carbocycles. The number of allylic oxidation sites excluding steroid dienone is 2. The van der Waals surface area contributed by atoms with Crippen LogP contribution in [0.4, 0.5) is 0 Å². The van der Waals surface area contributed by atoms with E-state index in [1.54, 1.807) is 0 Å². The standard InChI is InChI=1S/C15H24/c1-11(2)13-7-9-15(4)8-5-6-12(3)14(15)10-13/h13-14H,1,3,5-10H2,2,4H3/t13-,14-,15+/m0/s1. The molecule has 0 aliphatic heterocycles. The van der Waals surface area contributed by atoms with E-state index in [0.29, 0.717) is 5.41 Å². The Balaban J connectivity index is 2.16. The number of hydrogen-bond donors (Lipinski definition) is 0. The molecule has 3 atom stereocenters. The molecular formula is C15H24. The molecule has 0 heterocycles. The zero-order chi connectivity index (χ0) is 11.1. The van der Waals surface area contributed by atoms with Crippen LogP contribution in [0, 0.1) is 17.3 Å². The molecule has 84 valence electrons. The highest BCUT2D eigenvalue weighted by Gasteiger charge is 2.42. The van der Waals surface area contributed by atoms with Crippen molar-refractivity contribution >= 4 is 0 Å². The van der Waals surface area contributed by atoms with Crippen molar-refractivity contribution in [3.05, 3.63) is 24.3 Å². The molecule has 15 heavy (non-hydrogen) atoms. The molecule has 2 fully saturated rings. The average molecular weight is 204 g/mol. The van der Waals surface area contributed by atoms with Gasteiger partial charge in [0.2, 0.25) is 0 Å². The molecule has 0 spiro atoms. The van der Waals surface area contributed by atoms with E-state index in [2.05, 4.69) is 27.0 Å². The fourth-order valence-corrected chi connectivity index (χ4v) is 3.66. The zero-order valence-corrected chi connectivity index (χ0v) is 10.3. The molecule has 0 aromatic rings. The summed E-state index contributed by atoms with van der Waals surface area (Å²) in [6.07, 6.45) is 8.11. The Morgan fingerprint density at radius 1 is 1.40 bits per heavy atom. The van der Waals surface area contributed by atoms with Crippen LogP contribution in [0.5, 0.6) is 0 Å². The van der Waals surface area contributed by atoms with Crippen LogP contribution in [0.3, 0.4) is 0 Å². The van der Waals surface area contributed by atoms with Gasteiger partial charge in [-0.1, -0.05) is 31.2 Å². The highest BCUT2D eigenvalue weighted by Crippen LogP contribution is 2.54. The SMILES string of the molecule is C=C(C)[C@H]1CC[C@@]2(C)CCCC(=C)[C@@H]2C1. The average Bonchev–Trinajstić information content (AvgIpc) is 2.17. The third-order valence-electron chi connectivity index (χ3n) is 4.86. The lowest BCUT2D eigenvalue weighted by Gasteiger charge is -2.49. The van der Waals surface area contributed by atoms with Crippen molar-refractivity contribution in [1.29, 1.82) is 0 Å². The minimum absolute atomic E-state index is 0.571. The van der Waals surface area contributed by atoms with Gasteiger partial charge in [-0.25, -0.2) is 0 Å². The minimum atomic E-state index is 0.571. The molecule has 0 amide bonds. The number of hydrogen-bond acceptors (Lipinski definition) is 0. The maximum Gasteiger partial charge on any atom is -0.0146 e. The second-order valence-corrected chi connectivity index (χ2v) is 6.04. The number of fused-ring (bicyclic) bond motifs is 1. The molecule has 0 heteroatoms. The smallest absolute Gasteiger partial charge is 0.0146 e. The minimum Gasteiger partial charge on any atom is -0.0999 e. The Morgan fingerprint density at radius 3 is 2.80 bits per heavy atom. The van der Waals surface area contributed by atoms with E-state index < -0.39 is 0 Å². The summed E-state index contributed by atoms with van der Waals surface area (Å²) in [4.78, 5) is 0. The van der Waals surface area contributed by atoms with E-state index in [1.807, 2.05) is 0 Å². The van der Waals surface area contributed by atoms with Crippen LogP contribution < -0.4 is 0 Å². The summed E-state index contributed by atoms with van der Waals surface area (Å²) in [7, 11) is 0. The van der Waals surface area contributed by atoms with Crippen LogP contribution in [-0.4, -0.2) is 0 Å². The van der Waals surface area contributed by atoms with E-state index in [1.165, 1.54) is 49.7 Å². The van der Waals surface area contributed by atoms with Crippen molar-refractivity contribution in [2.45, 2.75) is 52.4 Å². The molecule has 0 N–H and O–H groups in total. The van der Waals surface area contributed by atoms with Crippen molar-refractivity contribution < 1.29 is 0 Å². The lowest BCUT2D eigenvalue weighted by Crippen LogP contribution is -2.38. The van der Waals surface area contributed by atoms with Gasteiger partial charge in [0.15, 0.2) is 0 Å². The fourth-order valence-electron chi connectivity index (χ4n) is 3.66. The summed E-state index contributed by atoms with van der Waals surface area (Å²) in [5, 5.41) is 0. The molecule has 0 aromatic heterocycles. The molecule has 2 aliphatic carbocycles. The molecule has 0 radical (unpaired) electrons. The topological polar surface area (TPSA) is 0 Å². The summed E-state index contributed by atoms with van der Waals surface area (Å²) in [5.74, 6) is 1.54. The third kappa shape index (κ3) is 1.91. The predicted molar refractivity (Wildman–Crippen MR) is 66.7 cm³/mol. The van der Waals surface area contributed by atoms with Gasteiger partial charge in [0, 0.05) is 0 Å². The van der Waals surface area contributed by atoms with Gasteiger partial charge in [-0.15, -0.1) is 0 Å². The van der Waals surface area contributed by atoms with Crippen molar-refractivity contribution in [2.24, 2.45) is 17.3 Å². The summed E-state index contributed by atoms with van der Waals surface area (Å²) in [6.45, 7) is 13.1. The van der Waals surface area contributed by atoms with Gasteiger partial charge in [0.05, 0.1) is 0 Å². The molecule has 0 nitrogen and oxygen atoms in total. The van der Waals surface area contributed by atoms with Crippen LogP contribution in [0.15, 0.2) is 24.3 Å². The van der Waals surface area contributed by atoms with Gasteiger partial charge in [0.1, 0.15) is 0 Å². The highest BCUT2D eigenvalue weighted by atomic mass is 14.5. The van der Waals surface area contributed by atoms with Crippen molar-refractivity contribution in [3.8, 4) is 0 Å². The molecule has 2 rings (SSSR count). The van der Waals surface area contributed by atoms with Crippen molar-refractivity contribution in [2.75, 3.05) is 0 Å². The molecule has 2 aliphatic rings. The summed E-state index contributed by atoms with van der Waals surface area (Å²) >= 11 is 0. The van der Waals surface area contributed by atoms with Crippen LogP contribution >= 0.6 is 0 Å². The van der Waals surface area contributed by atoms with E-state index in [0.717, 1.165) is 11.8 Å². The zero-order valence-electron chi connectivity index (χ0n) is 10.3. The van der Waals surface area contributed by atoms with Gasteiger partial charge in [0.25, 0.3) is 0 Å². The van der Waals surface area contributed by atoms with Crippen LogP contribution in [0.25, 0.3) is 0 Å². The summed E-state index contributed by atoms with van der Waals surface area (Å²) in [6, 6.07) is 0. The molecule has 0 bridgehead atoms. The quantitative estimate of drug-likeness (QED) is 0.542. The number of rotatable bonds is 1. The Labute approximate surface area is 94.5 Å². The van der Waals surface area contributed by atoms with Crippen LogP contribution in [-0.2, 0) is 0 Å². The van der Waals surface area contributed by atoms with E-state index in [-0.39, 0.29) is 0 Å². The van der Waals surface area contributed by atoms with Gasteiger partial charge in [-0.2, -0.15) is 0 Å². The van der Waals surface area contributed by atoms with Crippen LogP contribution in [0.2, 0.25) is 0 Å². The highest BCUT2D eigenvalue weighted by molar-refractivity contribution is 5.15. The fraction of sp³-hybridized carbons (Fsp3) is 0.733.